The van der Waals surface area contributed by atoms with Crippen LogP contribution in [0.2, 0.25) is 0 Å². The predicted octanol–water partition coefficient (Wildman–Crippen LogP) is 5.37. The SMILES string of the molecule is CC(=O)n1cc(C(SCc2ccccc2)[C@H](NO)C(=O)OCc2ccccc2)c2ccccc21. The number of hydrogen-bond donors (Lipinski definition) is 2. The van der Waals surface area contributed by atoms with Gasteiger partial charge in [-0.1, -0.05) is 78.9 Å². The zero-order chi connectivity index (χ0) is 23.9. The van der Waals surface area contributed by atoms with Crippen molar-refractivity contribution in [2.75, 3.05) is 0 Å². The van der Waals surface area contributed by atoms with E-state index in [1.807, 2.05) is 84.9 Å². The highest BCUT2D eigenvalue weighted by Crippen LogP contribution is 2.39. The predicted molar refractivity (Wildman–Crippen MR) is 134 cm³/mol. The molecule has 0 aliphatic heterocycles. The van der Waals surface area contributed by atoms with Gasteiger partial charge in [0.15, 0.2) is 0 Å². The number of aromatic nitrogens is 1. The Hall–Kier alpha value is -3.39. The van der Waals surface area contributed by atoms with E-state index in [4.69, 9.17) is 4.74 Å². The highest BCUT2D eigenvalue weighted by Gasteiger charge is 2.33. The van der Waals surface area contributed by atoms with Crippen LogP contribution in [0.1, 0.15) is 33.7 Å². The van der Waals surface area contributed by atoms with Gasteiger partial charge in [-0.2, -0.15) is 5.48 Å². The summed E-state index contributed by atoms with van der Waals surface area (Å²) in [6.45, 7) is 1.60. The average molecular weight is 475 g/mol. The number of fused-ring (bicyclic) bond motifs is 1. The molecule has 34 heavy (non-hydrogen) atoms. The number of rotatable bonds is 9. The Morgan fingerprint density at radius 3 is 2.21 bits per heavy atom. The summed E-state index contributed by atoms with van der Waals surface area (Å²) >= 11 is 1.50. The standard InChI is InChI=1S/C27H26N2O4S/c1-19(30)29-16-23(22-14-8-9-15-24(22)29)26(34-18-21-12-6-3-7-13-21)25(28-32)27(31)33-17-20-10-4-2-5-11-20/h2-16,25-26,28,32H,17-18H2,1H3/t25-,26?/m0/s1. The number of ether oxygens (including phenoxy) is 1. The molecule has 0 aliphatic carbocycles. The number of para-hydroxylation sites is 1. The number of carbonyl (C=O) groups is 2. The largest absolute Gasteiger partial charge is 0.460 e. The number of hydroxylamine groups is 1. The highest BCUT2D eigenvalue weighted by molar-refractivity contribution is 7.98. The number of hydrogen-bond acceptors (Lipinski definition) is 6. The van der Waals surface area contributed by atoms with E-state index in [9.17, 15) is 14.8 Å². The quantitative estimate of drug-likeness (QED) is 0.251. The second-order valence-electron chi connectivity index (χ2n) is 7.91. The van der Waals surface area contributed by atoms with Gasteiger partial charge in [0.1, 0.15) is 12.6 Å². The van der Waals surface area contributed by atoms with Crippen LogP contribution in [0.25, 0.3) is 10.9 Å². The first kappa shape index (κ1) is 23.8. The minimum absolute atomic E-state index is 0.100. The monoisotopic (exact) mass is 474 g/mol. The molecule has 6 nitrogen and oxygen atoms in total. The molecule has 0 fully saturated rings. The van der Waals surface area contributed by atoms with Gasteiger partial charge in [0.05, 0.1) is 10.8 Å². The lowest BCUT2D eigenvalue weighted by atomic mass is 10.0. The molecule has 1 aromatic heterocycles. The number of thioether (sulfide) groups is 1. The second kappa shape index (κ2) is 11.2. The Morgan fingerprint density at radius 1 is 0.941 bits per heavy atom. The maximum Gasteiger partial charge on any atom is 0.327 e. The van der Waals surface area contributed by atoms with E-state index in [0.29, 0.717) is 5.75 Å². The van der Waals surface area contributed by atoms with E-state index in [2.05, 4.69) is 5.48 Å². The van der Waals surface area contributed by atoms with Crippen molar-refractivity contribution >= 4 is 34.5 Å². The molecule has 1 unspecified atom stereocenters. The van der Waals surface area contributed by atoms with Crippen molar-refractivity contribution in [3.8, 4) is 0 Å². The van der Waals surface area contributed by atoms with Crippen molar-refractivity contribution in [2.24, 2.45) is 0 Å². The Labute approximate surface area is 202 Å². The van der Waals surface area contributed by atoms with Crippen LogP contribution in [-0.2, 0) is 21.9 Å². The van der Waals surface area contributed by atoms with Gasteiger partial charge in [0.25, 0.3) is 0 Å². The molecule has 0 bridgehead atoms. The molecule has 3 aromatic carbocycles. The summed E-state index contributed by atoms with van der Waals surface area (Å²) < 4.78 is 7.13. The van der Waals surface area contributed by atoms with Gasteiger partial charge in [-0.05, 0) is 22.8 Å². The third kappa shape index (κ3) is 5.39. The molecular weight excluding hydrogens is 448 g/mol. The van der Waals surface area contributed by atoms with E-state index in [-0.39, 0.29) is 12.5 Å². The van der Waals surface area contributed by atoms with Gasteiger partial charge in [-0.3, -0.25) is 14.2 Å². The minimum Gasteiger partial charge on any atom is -0.460 e. The van der Waals surface area contributed by atoms with Crippen molar-refractivity contribution in [2.45, 2.75) is 30.6 Å². The van der Waals surface area contributed by atoms with Gasteiger partial charge < -0.3 is 9.94 Å². The first-order valence-corrected chi connectivity index (χ1v) is 12.0. The van der Waals surface area contributed by atoms with Gasteiger partial charge >= 0.3 is 5.97 Å². The maximum absolute atomic E-state index is 13.1. The number of nitrogens with one attached hydrogen (secondary N) is 1. The zero-order valence-corrected chi connectivity index (χ0v) is 19.6. The lowest BCUT2D eigenvalue weighted by Gasteiger charge is -2.24. The van der Waals surface area contributed by atoms with Gasteiger partial charge in [0.2, 0.25) is 5.91 Å². The Balaban J connectivity index is 1.68. The Kier molecular flexibility index (Phi) is 7.80. The summed E-state index contributed by atoms with van der Waals surface area (Å²) in [7, 11) is 0. The lowest BCUT2D eigenvalue weighted by Crippen LogP contribution is -2.40. The third-order valence-electron chi connectivity index (χ3n) is 5.58. The molecule has 0 radical (unpaired) electrons. The topological polar surface area (TPSA) is 80.6 Å². The molecule has 0 saturated carbocycles. The van der Waals surface area contributed by atoms with Crippen molar-refractivity contribution in [1.82, 2.24) is 10.0 Å². The van der Waals surface area contributed by atoms with E-state index in [1.54, 1.807) is 10.8 Å². The fourth-order valence-corrected chi connectivity index (χ4v) is 5.18. The van der Waals surface area contributed by atoms with Crippen molar-refractivity contribution in [3.63, 3.8) is 0 Å². The van der Waals surface area contributed by atoms with Gasteiger partial charge in [-0.25, -0.2) is 0 Å². The zero-order valence-electron chi connectivity index (χ0n) is 18.8. The summed E-state index contributed by atoms with van der Waals surface area (Å²) in [5, 5.41) is 10.4. The van der Waals surface area contributed by atoms with Crippen LogP contribution < -0.4 is 5.48 Å². The van der Waals surface area contributed by atoms with Crippen LogP contribution in [0.5, 0.6) is 0 Å². The molecule has 4 aromatic rings. The van der Waals surface area contributed by atoms with Crippen molar-refractivity contribution < 1.29 is 19.5 Å². The van der Waals surface area contributed by atoms with Crippen LogP contribution in [0.15, 0.2) is 91.1 Å². The van der Waals surface area contributed by atoms with E-state index in [1.165, 1.54) is 18.7 Å². The van der Waals surface area contributed by atoms with Crippen LogP contribution in [0.3, 0.4) is 0 Å². The lowest BCUT2D eigenvalue weighted by molar-refractivity contribution is -0.150. The first-order valence-electron chi connectivity index (χ1n) is 10.9. The molecule has 7 heteroatoms. The highest BCUT2D eigenvalue weighted by atomic mass is 32.2. The average Bonchev–Trinajstić information content (AvgIpc) is 3.26. The van der Waals surface area contributed by atoms with Crippen molar-refractivity contribution in [1.29, 1.82) is 0 Å². The van der Waals surface area contributed by atoms with Crippen LogP contribution in [0, 0.1) is 0 Å². The fourth-order valence-electron chi connectivity index (χ4n) is 3.88. The summed E-state index contributed by atoms with van der Waals surface area (Å²) in [5.74, 6) is -0.0964. The molecule has 174 valence electrons. The molecular formula is C27H26N2O4S. The van der Waals surface area contributed by atoms with E-state index in [0.717, 1.165) is 27.6 Å². The molecule has 0 saturated heterocycles. The summed E-state index contributed by atoms with van der Waals surface area (Å²) in [5.41, 5.74) is 5.66. The van der Waals surface area contributed by atoms with Gasteiger partial charge in [0, 0.05) is 24.3 Å². The Morgan fingerprint density at radius 2 is 1.56 bits per heavy atom. The first-order chi connectivity index (χ1) is 16.6. The maximum atomic E-state index is 13.1. The van der Waals surface area contributed by atoms with E-state index >= 15 is 0 Å². The van der Waals surface area contributed by atoms with E-state index < -0.39 is 17.3 Å². The summed E-state index contributed by atoms with van der Waals surface area (Å²) in [6.07, 6.45) is 1.75. The van der Waals surface area contributed by atoms with Crippen LogP contribution in [-0.4, -0.2) is 27.7 Å². The number of esters is 1. The summed E-state index contributed by atoms with van der Waals surface area (Å²) in [4.78, 5) is 25.4. The third-order valence-corrected chi connectivity index (χ3v) is 6.97. The Bertz CT molecular complexity index is 1260. The molecule has 4 rings (SSSR count). The molecule has 2 N–H and O–H groups in total. The van der Waals surface area contributed by atoms with Gasteiger partial charge in [-0.15, -0.1) is 11.8 Å². The summed E-state index contributed by atoms with van der Waals surface area (Å²) in [6, 6.07) is 25.8. The smallest absolute Gasteiger partial charge is 0.327 e. The number of benzene rings is 3. The van der Waals surface area contributed by atoms with Crippen molar-refractivity contribution in [3.05, 3.63) is 108 Å². The molecule has 0 spiro atoms. The second-order valence-corrected chi connectivity index (χ2v) is 9.04. The molecule has 0 amide bonds. The minimum atomic E-state index is -1.04. The molecule has 1 heterocycles. The molecule has 2 atom stereocenters. The number of carbonyl (C=O) groups excluding carboxylic acids is 2. The van der Waals surface area contributed by atoms with Crippen LogP contribution >= 0.6 is 11.8 Å². The molecule has 0 aliphatic rings. The number of nitrogens with zero attached hydrogens (tertiary/aromatic N) is 1. The normalized spacial score (nSPS) is 12.9. The fraction of sp³-hybridized carbons (Fsp3) is 0.185. The van der Waals surface area contributed by atoms with Crippen LogP contribution in [0.4, 0.5) is 0 Å².